The number of amides is 2. The van der Waals surface area contributed by atoms with Gasteiger partial charge in [-0.1, -0.05) is 15.9 Å². The molecule has 110 valence electrons. The second kappa shape index (κ2) is 6.72. The predicted molar refractivity (Wildman–Crippen MR) is 84.3 cm³/mol. The quantitative estimate of drug-likeness (QED) is 0.711. The number of carbonyl (C=O) groups is 2. The normalized spacial score (nSPS) is 10.2. The molecule has 2 amide bonds. The van der Waals surface area contributed by atoms with Gasteiger partial charge in [-0.15, -0.1) is 0 Å². The highest BCUT2D eigenvalue weighted by Crippen LogP contribution is 2.26. The highest BCUT2D eigenvalue weighted by Gasteiger charge is 2.08. The Balaban J connectivity index is 1.98. The van der Waals surface area contributed by atoms with Gasteiger partial charge in [0, 0.05) is 15.1 Å². The van der Waals surface area contributed by atoms with E-state index in [0.717, 1.165) is 8.95 Å². The van der Waals surface area contributed by atoms with Crippen LogP contribution in [0.2, 0.25) is 0 Å². The Morgan fingerprint density at radius 3 is 2.71 bits per heavy atom. The van der Waals surface area contributed by atoms with Gasteiger partial charge in [0.25, 0.3) is 0 Å². The van der Waals surface area contributed by atoms with Gasteiger partial charge in [0.05, 0.1) is 17.6 Å². The minimum Gasteiger partial charge on any atom is -0.480 e. The van der Waals surface area contributed by atoms with E-state index in [1.807, 2.05) is 0 Å². The average Bonchev–Trinajstić information content (AvgIpc) is 2.79. The summed E-state index contributed by atoms with van der Waals surface area (Å²) >= 11 is 6.66. The minimum atomic E-state index is -1.01. The molecule has 0 unspecified atom stereocenters. The summed E-state index contributed by atoms with van der Waals surface area (Å²) in [6.07, 6.45) is 2.81. The summed E-state index contributed by atoms with van der Waals surface area (Å²) in [4.78, 5) is 22.4. The summed E-state index contributed by atoms with van der Waals surface area (Å²) in [7, 11) is 0. The highest BCUT2D eigenvalue weighted by atomic mass is 79.9. The van der Waals surface area contributed by atoms with Crippen molar-refractivity contribution >= 4 is 55.2 Å². The van der Waals surface area contributed by atoms with E-state index in [1.165, 1.54) is 17.1 Å². The fraction of sp³-hybridized carbons (Fsp3) is 0.0833. The molecule has 0 radical (unpaired) electrons. The zero-order valence-corrected chi connectivity index (χ0v) is 13.7. The molecule has 2 rings (SSSR count). The first-order chi connectivity index (χ1) is 9.94. The number of nitrogens with one attached hydrogen (secondary N) is 2. The SMILES string of the molecule is O=C(O)Cn1cc(NC(=O)Nc2ccc(Br)cc2Br)cn1. The molecule has 3 N–H and O–H groups in total. The van der Waals surface area contributed by atoms with E-state index in [-0.39, 0.29) is 6.54 Å². The number of nitrogens with zero attached hydrogens (tertiary/aromatic N) is 2. The molecule has 0 fully saturated rings. The van der Waals surface area contributed by atoms with Crippen LogP contribution in [-0.2, 0) is 11.3 Å². The van der Waals surface area contributed by atoms with E-state index in [0.29, 0.717) is 11.4 Å². The number of carboxylic acid groups (broad SMARTS) is 1. The molecule has 0 aliphatic carbocycles. The maximum Gasteiger partial charge on any atom is 0.325 e. The van der Waals surface area contributed by atoms with Gasteiger partial charge in [0.2, 0.25) is 0 Å². The first-order valence-electron chi connectivity index (χ1n) is 5.71. The number of carboxylic acids is 1. The summed E-state index contributed by atoms with van der Waals surface area (Å²) in [5, 5.41) is 17.7. The molecule has 1 heterocycles. The minimum absolute atomic E-state index is 0.262. The van der Waals surface area contributed by atoms with Crippen LogP contribution in [0.15, 0.2) is 39.5 Å². The number of hydrogen-bond acceptors (Lipinski definition) is 3. The molecule has 0 atom stereocenters. The van der Waals surface area contributed by atoms with E-state index in [9.17, 15) is 9.59 Å². The third-order valence-corrected chi connectivity index (χ3v) is 3.52. The lowest BCUT2D eigenvalue weighted by Crippen LogP contribution is -2.19. The topological polar surface area (TPSA) is 96.2 Å². The molecule has 0 aliphatic rings. The lowest BCUT2D eigenvalue weighted by Gasteiger charge is -2.08. The van der Waals surface area contributed by atoms with Crippen molar-refractivity contribution in [2.75, 3.05) is 10.6 Å². The number of urea groups is 1. The zero-order valence-electron chi connectivity index (χ0n) is 10.5. The number of carbonyl (C=O) groups excluding carboxylic acids is 1. The third-order valence-electron chi connectivity index (χ3n) is 2.37. The summed E-state index contributed by atoms with van der Waals surface area (Å²) in [6, 6.07) is 4.89. The van der Waals surface area contributed by atoms with E-state index >= 15 is 0 Å². The van der Waals surface area contributed by atoms with Gasteiger partial charge in [-0.05, 0) is 34.1 Å². The fourth-order valence-electron chi connectivity index (χ4n) is 1.53. The van der Waals surface area contributed by atoms with Crippen LogP contribution in [0.1, 0.15) is 0 Å². The maximum absolute atomic E-state index is 11.8. The number of anilines is 2. The maximum atomic E-state index is 11.8. The molecular formula is C12H10Br2N4O3. The molecule has 1 aromatic carbocycles. The van der Waals surface area contributed by atoms with Crippen LogP contribution in [0.5, 0.6) is 0 Å². The lowest BCUT2D eigenvalue weighted by atomic mass is 10.3. The van der Waals surface area contributed by atoms with Gasteiger partial charge in [0.1, 0.15) is 6.54 Å². The molecule has 0 bridgehead atoms. The molecule has 21 heavy (non-hydrogen) atoms. The number of benzene rings is 1. The van der Waals surface area contributed by atoms with Crippen molar-refractivity contribution in [2.45, 2.75) is 6.54 Å². The van der Waals surface area contributed by atoms with Crippen LogP contribution in [0, 0.1) is 0 Å². The van der Waals surface area contributed by atoms with Crippen LogP contribution < -0.4 is 10.6 Å². The summed E-state index contributed by atoms with van der Waals surface area (Å²) < 4.78 is 2.83. The predicted octanol–water partition coefficient (Wildman–Crippen LogP) is 3.14. The van der Waals surface area contributed by atoms with E-state index in [1.54, 1.807) is 18.2 Å². The number of aromatic nitrogens is 2. The van der Waals surface area contributed by atoms with Gasteiger partial charge in [-0.25, -0.2) is 4.79 Å². The van der Waals surface area contributed by atoms with E-state index in [4.69, 9.17) is 5.11 Å². The van der Waals surface area contributed by atoms with Gasteiger partial charge >= 0.3 is 12.0 Å². The monoisotopic (exact) mass is 416 g/mol. The van der Waals surface area contributed by atoms with Crippen molar-refractivity contribution in [2.24, 2.45) is 0 Å². The van der Waals surface area contributed by atoms with Crippen molar-refractivity contribution < 1.29 is 14.7 Å². The molecular weight excluding hydrogens is 408 g/mol. The number of rotatable bonds is 4. The second-order valence-corrected chi connectivity index (χ2v) is 5.79. The highest BCUT2D eigenvalue weighted by molar-refractivity contribution is 9.11. The molecule has 0 aliphatic heterocycles. The lowest BCUT2D eigenvalue weighted by molar-refractivity contribution is -0.137. The number of hydrogen-bond donors (Lipinski definition) is 3. The third kappa shape index (κ3) is 4.57. The number of aliphatic carboxylic acids is 1. The Labute approximate surface area is 136 Å². The van der Waals surface area contributed by atoms with Crippen LogP contribution in [0.25, 0.3) is 0 Å². The molecule has 7 nitrogen and oxygen atoms in total. The van der Waals surface area contributed by atoms with E-state index in [2.05, 4.69) is 47.6 Å². The van der Waals surface area contributed by atoms with Gasteiger partial charge in [0.15, 0.2) is 0 Å². The smallest absolute Gasteiger partial charge is 0.325 e. The Bertz CT molecular complexity index is 687. The zero-order chi connectivity index (χ0) is 15.4. The standard InChI is InChI=1S/C12H10Br2N4O3/c13-7-1-2-10(9(14)3-7)17-12(21)16-8-4-15-18(5-8)6-11(19)20/h1-5H,6H2,(H,19,20)(H2,16,17,21). The summed E-state index contributed by atoms with van der Waals surface area (Å²) in [5.41, 5.74) is 1.01. The number of halogens is 2. The second-order valence-electron chi connectivity index (χ2n) is 4.02. The Morgan fingerprint density at radius 2 is 2.05 bits per heavy atom. The van der Waals surface area contributed by atoms with E-state index < -0.39 is 12.0 Å². The van der Waals surface area contributed by atoms with Crippen molar-refractivity contribution in [1.82, 2.24) is 9.78 Å². The summed E-state index contributed by atoms with van der Waals surface area (Å²) in [6.45, 7) is -0.262. The average molecular weight is 418 g/mol. The fourth-order valence-corrected chi connectivity index (χ4v) is 2.67. The Hall–Kier alpha value is -1.87. The molecule has 1 aromatic heterocycles. The molecule has 9 heteroatoms. The van der Waals surface area contributed by atoms with Crippen LogP contribution in [0.3, 0.4) is 0 Å². The Kier molecular flexibility index (Phi) is 4.97. The summed E-state index contributed by atoms with van der Waals surface area (Å²) in [5.74, 6) is -1.01. The molecule has 2 aromatic rings. The first kappa shape index (κ1) is 15.5. The van der Waals surface area contributed by atoms with Crippen LogP contribution in [0.4, 0.5) is 16.2 Å². The molecule has 0 saturated carbocycles. The Morgan fingerprint density at radius 1 is 1.29 bits per heavy atom. The molecule has 0 saturated heterocycles. The van der Waals surface area contributed by atoms with Gasteiger partial charge in [-0.2, -0.15) is 5.10 Å². The largest absolute Gasteiger partial charge is 0.480 e. The van der Waals surface area contributed by atoms with Gasteiger partial charge in [-0.3, -0.25) is 9.48 Å². The van der Waals surface area contributed by atoms with Crippen molar-refractivity contribution in [3.8, 4) is 0 Å². The van der Waals surface area contributed by atoms with Crippen molar-refractivity contribution in [3.63, 3.8) is 0 Å². The molecule has 0 spiro atoms. The van der Waals surface area contributed by atoms with Crippen molar-refractivity contribution in [3.05, 3.63) is 39.5 Å². The first-order valence-corrected chi connectivity index (χ1v) is 7.30. The van der Waals surface area contributed by atoms with Gasteiger partial charge < -0.3 is 15.7 Å². The van der Waals surface area contributed by atoms with Crippen LogP contribution in [-0.4, -0.2) is 26.9 Å². The van der Waals surface area contributed by atoms with Crippen LogP contribution >= 0.6 is 31.9 Å². The van der Waals surface area contributed by atoms with Crippen molar-refractivity contribution in [1.29, 1.82) is 0 Å².